The summed E-state index contributed by atoms with van der Waals surface area (Å²) in [6, 6.07) is 0. The van der Waals surface area contributed by atoms with E-state index in [1.54, 1.807) is 6.92 Å². The maximum Gasteiger partial charge on any atom is -0.0809 e. The van der Waals surface area contributed by atoms with Crippen LogP contribution in [0.1, 0.15) is 20.8 Å². The average molecular weight is 168 g/mol. The average Bonchev–Trinajstić information content (AvgIpc) is 1.69. The third-order valence-electron chi connectivity index (χ3n) is 0.577. The van der Waals surface area contributed by atoms with Crippen LogP contribution in [0.25, 0.3) is 0 Å². The second kappa shape index (κ2) is 10.5. The fourth-order valence-corrected chi connectivity index (χ4v) is 0. The van der Waals surface area contributed by atoms with Gasteiger partial charge < -0.3 is 5.11 Å². The quantitative estimate of drug-likeness (QED) is 0.534. The van der Waals surface area contributed by atoms with Crippen molar-refractivity contribution in [3.63, 3.8) is 0 Å². The molecule has 0 unspecified atom stereocenters. The molecular formula is C6H14OZn. The smallest absolute Gasteiger partial charge is 0.0809 e. The minimum absolute atomic E-state index is 0. The molecule has 0 bridgehead atoms. The van der Waals surface area contributed by atoms with E-state index < -0.39 is 0 Å². The first-order valence-corrected chi connectivity index (χ1v) is 5.16. The molecule has 0 saturated heterocycles. The topological polar surface area (TPSA) is 23.1 Å². The minimum atomic E-state index is 0. The van der Waals surface area contributed by atoms with Crippen molar-refractivity contribution in [3.05, 3.63) is 0 Å². The Labute approximate surface area is 62.2 Å². The van der Waals surface area contributed by atoms with Gasteiger partial charge in [0.05, 0.1) is 0 Å². The van der Waals surface area contributed by atoms with Gasteiger partial charge in [-0.05, 0) is 0 Å². The fourth-order valence-electron chi connectivity index (χ4n) is 0. The van der Waals surface area contributed by atoms with Crippen molar-refractivity contribution >= 4 is 0 Å². The third kappa shape index (κ3) is 30.8. The van der Waals surface area contributed by atoms with Gasteiger partial charge in [-0.15, -0.1) is 6.61 Å². The number of rotatable bonds is 1. The molecule has 0 heterocycles. The molecule has 0 atom stereocenters. The SMILES string of the molecule is CC(C)[CH2][Zn+].CC[O-]. The molecule has 0 aromatic carbocycles. The van der Waals surface area contributed by atoms with Gasteiger partial charge in [-0.3, -0.25) is 0 Å². The minimum Gasteiger partial charge on any atom is -0.855 e. The summed E-state index contributed by atoms with van der Waals surface area (Å²) in [6.45, 7) is 6.08. The van der Waals surface area contributed by atoms with E-state index in [0.717, 1.165) is 5.92 Å². The molecule has 0 aromatic rings. The second-order valence-corrected chi connectivity index (χ2v) is 3.18. The first-order valence-electron chi connectivity index (χ1n) is 3.06. The van der Waals surface area contributed by atoms with Gasteiger partial charge in [0.25, 0.3) is 0 Å². The summed E-state index contributed by atoms with van der Waals surface area (Å²) < 4.78 is 0. The molecule has 0 aliphatic carbocycles. The van der Waals surface area contributed by atoms with Crippen molar-refractivity contribution in [1.82, 2.24) is 0 Å². The Morgan fingerprint density at radius 2 is 1.62 bits per heavy atom. The van der Waals surface area contributed by atoms with Gasteiger partial charge >= 0.3 is 43.1 Å². The monoisotopic (exact) mass is 166 g/mol. The molecular weight excluding hydrogens is 153 g/mol. The molecule has 2 heteroatoms. The van der Waals surface area contributed by atoms with Crippen molar-refractivity contribution in [2.24, 2.45) is 5.92 Å². The van der Waals surface area contributed by atoms with Crippen LogP contribution in [0.15, 0.2) is 0 Å². The zero-order valence-corrected chi connectivity index (χ0v) is 9.07. The molecule has 0 saturated carbocycles. The summed E-state index contributed by atoms with van der Waals surface area (Å²) in [6.07, 6.45) is 0. The summed E-state index contributed by atoms with van der Waals surface area (Å²) in [7, 11) is 0. The summed E-state index contributed by atoms with van der Waals surface area (Å²) in [5.74, 6) is 0.940. The Balaban J connectivity index is 0. The van der Waals surface area contributed by atoms with Crippen molar-refractivity contribution in [1.29, 1.82) is 0 Å². The first-order chi connectivity index (χ1) is 3.68. The molecule has 0 aliphatic heterocycles. The fraction of sp³-hybridized carbons (Fsp3) is 1.00. The zero-order chi connectivity index (χ0) is 6.99. The van der Waals surface area contributed by atoms with Crippen LogP contribution < -0.4 is 5.11 Å². The predicted octanol–water partition coefficient (Wildman–Crippen LogP) is 0.974. The molecule has 0 rings (SSSR count). The molecule has 0 amide bonds. The normalized spacial score (nSPS) is 8.38. The Hall–Kier alpha value is 0.583. The Bertz CT molecular complexity index is 29.7. The molecule has 0 aromatic heterocycles. The van der Waals surface area contributed by atoms with Gasteiger partial charge in [0.1, 0.15) is 0 Å². The van der Waals surface area contributed by atoms with E-state index in [0.29, 0.717) is 0 Å². The summed E-state index contributed by atoms with van der Waals surface area (Å²) >= 11 is 1.46. The van der Waals surface area contributed by atoms with Crippen LogP contribution in [-0.2, 0) is 18.3 Å². The third-order valence-corrected chi connectivity index (χ3v) is 3.00. The van der Waals surface area contributed by atoms with E-state index in [2.05, 4.69) is 13.8 Å². The van der Waals surface area contributed by atoms with Gasteiger partial charge in [-0.2, -0.15) is 0 Å². The zero-order valence-electron chi connectivity index (χ0n) is 6.11. The number of hydrogen-bond donors (Lipinski definition) is 0. The standard InChI is InChI=1S/C4H9.C2H5O.Zn/c1-4(2)3;1-2-3;/h4H,1H2,2-3H3;2H2,1H3;/q;-1;+1. The van der Waals surface area contributed by atoms with E-state index in [-0.39, 0.29) is 6.61 Å². The van der Waals surface area contributed by atoms with Crippen molar-refractivity contribution in [2.75, 3.05) is 6.61 Å². The number of hydrogen-bond acceptors (Lipinski definition) is 1. The molecule has 46 valence electrons. The Morgan fingerprint density at radius 1 is 1.50 bits per heavy atom. The van der Waals surface area contributed by atoms with E-state index in [9.17, 15) is 0 Å². The van der Waals surface area contributed by atoms with E-state index >= 15 is 0 Å². The van der Waals surface area contributed by atoms with Crippen molar-refractivity contribution in [3.8, 4) is 0 Å². The van der Waals surface area contributed by atoms with Crippen LogP contribution in [0.5, 0.6) is 0 Å². The van der Waals surface area contributed by atoms with Crippen LogP contribution in [-0.4, -0.2) is 6.61 Å². The summed E-state index contributed by atoms with van der Waals surface area (Å²) in [4.78, 5) is 0. The van der Waals surface area contributed by atoms with Gasteiger partial charge in [0.2, 0.25) is 0 Å². The molecule has 1 nitrogen and oxygen atoms in total. The van der Waals surface area contributed by atoms with Crippen molar-refractivity contribution < 1.29 is 23.4 Å². The van der Waals surface area contributed by atoms with Crippen LogP contribution in [0.2, 0.25) is 5.02 Å². The molecule has 0 spiro atoms. The van der Waals surface area contributed by atoms with Gasteiger partial charge in [-0.1, -0.05) is 6.92 Å². The first kappa shape index (κ1) is 11.4. The van der Waals surface area contributed by atoms with E-state index in [1.165, 1.54) is 23.3 Å². The summed E-state index contributed by atoms with van der Waals surface area (Å²) in [5, 5.41) is 10.4. The van der Waals surface area contributed by atoms with Crippen LogP contribution in [0.4, 0.5) is 0 Å². The summed E-state index contributed by atoms with van der Waals surface area (Å²) in [5.41, 5.74) is 0. The Kier molecular flexibility index (Phi) is 15.0. The van der Waals surface area contributed by atoms with Crippen LogP contribution in [0.3, 0.4) is 0 Å². The predicted molar refractivity (Wildman–Crippen MR) is 30.2 cm³/mol. The Morgan fingerprint density at radius 3 is 1.62 bits per heavy atom. The van der Waals surface area contributed by atoms with Gasteiger partial charge in [-0.25, -0.2) is 0 Å². The molecule has 8 heavy (non-hydrogen) atoms. The van der Waals surface area contributed by atoms with Crippen LogP contribution in [0, 0.1) is 5.92 Å². The largest absolute Gasteiger partial charge is 0.855 e. The van der Waals surface area contributed by atoms with Crippen molar-refractivity contribution in [2.45, 2.75) is 25.8 Å². The molecule has 0 N–H and O–H groups in total. The maximum atomic E-state index is 8.93. The van der Waals surface area contributed by atoms with Gasteiger partial charge in [0.15, 0.2) is 0 Å². The van der Waals surface area contributed by atoms with E-state index in [4.69, 9.17) is 5.11 Å². The maximum absolute atomic E-state index is 8.93. The molecule has 0 radical (unpaired) electrons. The van der Waals surface area contributed by atoms with Crippen LogP contribution >= 0.6 is 0 Å². The molecule has 0 aliphatic rings. The molecule has 0 fully saturated rings. The second-order valence-electron chi connectivity index (χ2n) is 1.97. The van der Waals surface area contributed by atoms with Gasteiger partial charge in [0, 0.05) is 0 Å². The van der Waals surface area contributed by atoms with E-state index in [1.807, 2.05) is 0 Å².